The third-order valence-electron chi connectivity index (χ3n) is 5.26. The van der Waals surface area contributed by atoms with Crippen LogP contribution in [0.4, 0.5) is 11.4 Å². The summed E-state index contributed by atoms with van der Waals surface area (Å²) in [6.07, 6.45) is 5.92. The molecule has 0 saturated heterocycles. The van der Waals surface area contributed by atoms with Gasteiger partial charge in [0.1, 0.15) is 11.8 Å². The van der Waals surface area contributed by atoms with Crippen LogP contribution in [0.2, 0.25) is 0 Å². The molecule has 2 aliphatic rings. The highest BCUT2D eigenvalue weighted by Gasteiger charge is 2.40. The zero-order valence-electron chi connectivity index (χ0n) is 15.5. The summed E-state index contributed by atoms with van der Waals surface area (Å²) in [5.41, 5.74) is 3.23. The first-order valence-electron chi connectivity index (χ1n) is 9.68. The van der Waals surface area contributed by atoms with Gasteiger partial charge in [-0.1, -0.05) is 25.5 Å². The first-order valence-corrected chi connectivity index (χ1v) is 9.68. The Balaban J connectivity index is 1.92. The molecule has 2 heterocycles. The number of allylic oxidation sites excluding steroid dienone is 1. The Kier molecular flexibility index (Phi) is 4.84. The number of benzene rings is 1. The summed E-state index contributed by atoms with van der Waals surface area (Å²) in [4.78, 5) is 28.0. The van der Waals surface area contributed by atoms with E-state index in [1.807, 2.05) is 36.4 Å². The van der Waals surface area contributed by atoms with Crippen LogP contribution < -0.4 is 10.2 Å². The van der Waals surface area contributed by atoms with E-state index in [-0.39, 0.29) is 11.7 Å². The van der Waals surface area contributed by atoms with Crippen LogP contribution >= 0.6 is 0 Å². The van der Waals surface area contributed by atoms with Crippen molar-refractivity contribution in [2.24, 2.45) is 0 Å². The summed E-state index contributed by atoms with van der Waals surface area (Å²) in [5.74, 6) is 0.729. The van der Waals surface area contributed by atoms with Gasteiger partial charge in [-0.15, -0.1) is 0 Å². The second-order valence-corrected chi connectivity index (χ2v) is 7.10. The third-order valence-corrected chi connectivity index (χ3v) is 5.26. The quantitative estimate of drug-likeness (QED) is 0.831. The summed E-state index contributed by atoms with van der Waals surface area (Å²) >= 11 is 0. The normalized spacial score (nSPS) is 19.2. The van der Waals surface area contributed by atoms with Crippen molar-refractivity contribution in [1.29, 1.82) is 0 Å². The number of nitrogens with one attached hydrogen (secondary N) is 1. The Morgan fingerprint density at radius 3 is 2.85 bits per heavy atom. The number of hydrogen-bond acceptors (Lipinski definition) is 4. The number of anilines is 2. The number of Topliss-reactive ketones (excluding diaryl/α,β-unsaturated/α-hetero) is 1. The van der Waals surface area contributed by atoms with Crippen LogP contribution in [0.5, 0.6) is 0 Å². The summed E-state index contributed by atoms with van der Waals surface area (Å²) in [7, 11) is 0. The number of ketones is 1. The minimum atomic E-state index is -0.525. The monoisotopic (exact) mass is 364 g/mol. The lowest BCUT2D eigenvalue weighted by atomic mass is 9.88. The van der Waals surface area contributed by atoms with Crippen LogP contribution in [0.3, 0.4) is 0 Å². The van der Waals surface area contributed by atoms with Crippen molar-refractivity contribution in [2.45, 2.75) is 51.5 Å². The number of unbranched alkanes of at least 4 members (excludes halogenated alkanes) is 1. The number of furan rings is 1. The average molecular weight is 364 g/mol. The van der Waals surface area contributed by atoms with Gasteiger partial charge in [-0.25, -0.2) is 0 Å². The number of carbonyl (C=O) groups is 2. The number of carbonyl (C=O) groups excluding carboxylic acids is 2. The Bertz CT molecular complexity index is 883. The molecule has 1 N–H and O–H groups in total. The molecule has 1 amide bonds. The Morgan fingerprint density at radius 1 is 1.22 bits per heavy atom. The first kappa shape index (κ1) is 17.6. The molecule has 1 aliphatic carbocycles. The van der Waals surface area contributed by atoms with E-state index in [0.29, 0.717) is 24.2 Å². The Labute approximate surface area is 159 Å². The minimum Gasteiger partial charge on any atom is -0.467 e. The average Bonchev–Trinajstić information content (AvgIpc) is 3.15. The van der Waals surface area contributed by atoms with Gasteiger partial charge in [0.25, 0.3) is 0 Å². The van der Waals surface area contributed by atoms with Crippen LogP contribution in [0.1, 0.15) is 57.3 Å². The maximum absolute atomic E-state index is 13.3. The van der Waals surface area contributed by atoms with E-state index in [1.54, 1.807) is 11.2 Å². The van der Waals surface area contributed by atoms with E-state index >= 15 is 0 Å². The van der Waals surface area contributed by atoms with Crippen molar-refractivity contribution < 1.29 is 14.0 Å². The molecule has 5 heteroatoms. The molecule has 140 valence electrons. The molecule has 1 aromatic carbocycles. The summed E-state index contributed by atoms with van der Waals surface area (Å²) < 4.78 is 5.72. The van der Waals surface area contributed by atoms with E-state index < -0.39 is 6.04 Å². The molecule has 1 aromatic heterocycles. The largest absolute Gasteiger partial charge is 0.467 e. The van der Waals surface area contributed by atoms with Gasteiger partial charge < -0.3 is 9.73 Å². The molecule has 0 radical (unpaired) electrons. The highest BCUT2D eigenvalue weighted by atomic mass is 16.3. The van der Waals surface area contributed by atoms with Gasteiger partial charge in [0.15, 0.2) is 5.78 Å². The molecule has 5 nitrogen and oxygen atoms in total. The lowest BCUT2D eigenvalue weighted by Crippen LogP contribution is -2.37. The molecule has 27 heavy (non-hydrogen) atoms. The van der Waals surface area contributed by atoms with Gasteiger partial charge >= 0.3 is 0 Å². The zero-order chi connectivity index (χ0) is 18.8. The molecule has 0 fully saturated rings. The molecule has 0 bridgehead atoms. The van der Waals surface area contributed by atoms with E-state index in [0.717, 1.165) is 42.8 Å². The molecule has 0 spiro atoms. The smallest absolute Gasteiger partial charge is 0.228 e. The van der Waals surface area contributed by atoms with Crippen molar-refractivity contribution in [3.8, 4) is 0 Å². The zero-order valence-corrected chi connectivity index (χ0v) is 15.5. The lowest BCUT2D eigenvalue weighted by Gasteiger charge is -2.32. The van der Waals surface area contributed by atoms with Gasteiger partial charge in [0, 0.05) is 24.1 Å². The fraction of sp³-hybridized carbons (Fsp3) is 0.364. The van der Waals surface area contributed by atoms with Crippen molar-refractivity contribution >= 4 is 23.1 Å². The minimum absolute atomic E-state index is 0.0135. The van der Waals surface area contributed by atoms with E-state index in [4.69, 9.17) is 4.42 Å². The molecule has 4 rings (SSSR count). The van der Waals surface area contributed by atoms with Gasteiger partial charge in [0.2, 0.25) is 5.91 Å². The van der Waals surface area contributed by atoms with Crippen LogP contribution in [0, 0.1) is 0 Å². The third kappa shape index (κ3) is 3.18. The number of para-hydroxylation sites is 2. The molecule has 1 aliphatic heterocycles. The van der Waals surface area contributed by atoms with Crippen molar-refractivity contribution in [1.82, 2.24) is 0 Å². The number of nitrogens with zero attached hydrogens (tertiary/aromatic N) is 1. The predicted molar refractivity (Wildman–Crippen MR) is 104 cm³/mol. The van der Waals surface area contributed by atoms with Crippen molar-refractivity contribution in [2.75, 3.05) is 10.2 Å². The fourth-order valence-electron chi connectivity index (χ4n) is 3.97. The van der Waals surface area contributed by atoms with Crippen LogP contribution in [0.15, 0.2) is 58.3 Å². The summed E-state index contributed by atoms with van der Waals surface area (Å²) in [6, 6.07) is 10.9. The first-order chi connectivity index (χ1) is 13.2. The van der Waals surface area contributed by atoms with Crippen molar-refractivity contribution in [3.05, 3.63) is 59.7 Å². The lowest BCUT2D eigenvalue weighted by molar-refractivity contribution is -0.119. The summed E-state index contributed by atoms with van der Waals surface area (Å²) in [5, 5.41) is 3.45. The van der Waals surface area contributed by atoms with E-state index in [2.05, 4.69) is 12.2 Å². The number of amides is 1. The van der Waals surface area contributed by atoms with Crippen LogP contribution in [-0.2, 0) is 9.59 Å². The van der Waals surface area contributed by atoms with Crippen molar-refractivity contribution in [3.63, 3.8) is 0 Å². The fourth-order valence-corrected chi connectivity index (χ4v) is 3.97. The highest BCUT2D eigenvalue weighted by molar-refractivity contribution is 6.05. The molecule has 0 unspecified atom stereocenters. The maximum Gasteiger partial charge on any atom is 0.228 e. The number of fused-ring (bicyclic) bond motifs is 1. The van der Waals surface area contributed by atoms with E-state index in [9.17, 15) is 9.59 Å². The molecule has 1 atom stereocenters. The SMILES string of the molecule is CCCCC(=O)N1c2ccccc2NC2=C(C(=O)CCC2)[C@@H]1c1ccco1. The standard InChI is InChI=1S/C22H24N2O3/c1-2-3-13-20(26)24-17-10-5-4-8-15(17)23-16-9-6-11-18(25)21(16)22(24)19-12-7-14-27-19/h4-5,7-8,10,12,14,22-23H,2-3,6,9,11,13H2,1H3/t22-/m0/s1. The predicted octanol–water partition coefficient (Wildman–Crippen LogP) is 4.98. The number of rotatable bonds is 4. The van der Waals surface area contributed by atoms with Gasteiger partial charge in [-0.05, 0) is 43.5 Å². The topological polar surface area (TPSA) is 62.6 Å². The van der Waals surface area contributed by atoms with Crippen LogP contribution in [0.25, 0.3) is 0 Å². The molecular weight excluding hydrogens is 340 g/mol. The Hall–Kier alpha value is -2.82. The Morgan fingerprint density at radius 2 is 2.07 bits per heavy atom. The summed E-state index contributed by atoms with van der Waals surface area (Å²) in [6.45, 7) is 2.07. The number of hydrogen-bond donors (Lipinski definition) is 1. The second-order valence-electron chi connectivity index (χ2n) is 7.10. The van der Waals surface area contributed by atoms with Gasteiger partial charge in [-0.2, -0.15) is 0 Å². The van der Waals surface area contributed by atoms with Gasteiger partial charge in [0.05, 0.1) is 17.6 Å². The second kappa shape index (κ2) is 7.43. The van der Waals surface area contributed by atoms with Crippen LogP contribution in [-0.4, -0.2) is 11.7 Å². The molecule has 0 saturated carbocycles. The highest BCUT2D eigenvalue weighted by Crippen LogP contribution is 2.45. The molecule has 2 aromatic rings. The maximum atomic E-state index is 13.3. The van der Waals surface area contributed by atoms with Gasteiger partial charge in [-0.3, -0.25) is 14.5 Å². The van der Waals surface area contributed by atoms with E-state index in [1.165, 1.54) is 0 Å². The molecular formula is C22H24N2O3.